The molecule has 20 heavy (non-hydrogen) atoms. The molecular formula is C17H21IO2. The SMILES string of the molecule is CC(C)=CC1[C@@H](C(=O)OCc2ccc(I)cc2)C1(C)C. The Morgan fingerprint density at radius 3 is 2.45 bits per heavy atom. The van der Waals surface area contributed by atoms with Gasteiger partial charge in [0.25, 0.3) is 0 Å². The predicted octanol–water partition coefficient (Wildman–Crippen LogP) is 4.57. The van der Waals surface area contributed by atoms with E-state index in [4.69, 9.17) is 4.74 Å². The summed E-state index contributed by atoms with van der Waals surface area (Å²) in [5.41, 5.74) is 2.33. The summed E-state index contributed by atoms with van der Waals surface area (Å²) in [4.78, 5) is 12.2. The molecule has 0 radical (unpaired) electrons. The van der Waals surface area contributed by atoms with Crippen LogP contribution in [0.3, 0.4) is 0 Å². The van der Waals surface area contributed by atoms with Crippen LogP contribution in [0.5, 0.6) is 0 Å². The van der Waals surface area contributed by atoms with E-state index in [1.165, 1.54) is 9.14 Å². The first-order chi connectivity index (χ1) is 9.32. The van der Waals surface area contributed by atoms with Gasteiger partial charge in [0.2, 0.25) is 0 Å². The molecule has 2 rings (SSSR count). The molecule has 108 valence electrons. The fourth-order valence-electron chi connectivity index (χ4n) is 2.62. The van der Waals surface area contributed by atoms with E-state index in [2.05, 4.69) is 56.4 Å². The average Bonchev–Trinajstić information content (AvgIpc) is 2.89. The monoisotopic (exact) mass is 384 g/mol. The lowest BCUT2D eigenvalue weighted by Crippen LogP contribution is -2.10. The highest BCUT2D eigenvalue weighted by Gasteiger charge is 2.61. The molecule has 0 bridgehead atoms. The summed E-state index contributed by atoms with van der Waals surface area (Å²) in [6, 6.07) is 8.05. The van der Waals surface area contributed by atoms with Crippen LogP contribution in [0.25, 0.3) is 0 Å². The van der Waals surface area contributed by atoms with Crippen molar-refractivity contribution in [1.29, 1.82) is 0 Å². The topological polar surface area (TPSA) is 26.3 Å². The fourth-order valence-corrected chi connectivity index (χ4v) is 2.98. The van der Waals surface area contributed by atoms with E-state index < -0.39 is 0 Å². The lowest BCUT2D eigenvalue weighted by molar-refractivity contribution is -0.147. The van der Waals surface area contributed by atoms with Gasteiger partial charge in [0.1, 0.15) is 6.61 Å². The minimum atomic E-state index is -0.0731. The number of benzene rings is 1. The molecule has 0 N–H and O–H groups in total. The summed E-state index contributed by atoms with van der Waals surface area (Å²) < 4.78 is 6.65. The second-order valence-corrected chi connectivity index (χ2v) is 7.55. The molecule has 3 heteroatoms. The molecule has 1 aromatic rings. The van der Waals surface area contributed by atoms with Crippen molar-refractivity contribution < 1.29 is 9.53 Å². The Hall–Kier alpha value is -0.840. The van der Waals surface area contributed by atoms with Gasteiger partial charge in [-0.1, -0.05) is 37.6 Å². The van der Waals surface area contributed by atoms with Crippen molar-refractivity contribution in [2.24, 2.45) is 17.3 Å². The van der Waals surface area contributed by atoms with Crippen LogP contribution in [0.15, 0.2) is 35.9 Å². The molecule has 1 aliphatic carbocycles. The molecule has 1 fully saturated rings. The van der Waals surface area contributed by atoms with Crippen molar-refractivity contribution in [2.75, 3.05) is 0 Å². The molecule has 1 saturated carbocycles. The number of hydrogen-bond donors (Lipinski definition) is 0. The van der Waals surface area contributed by atoms with Crippen molar-refractivity contribution in [2.45, 2.75) is 34.3 Å². The number of allylic oxidation sites excluding steroid dienone is 2. The van der Waals surface area contributed by atoms with Crippen molar-refractivity contribution in [3.05, 3.63) is 45.0 Å². The van der Waals surface area contributed by atoms with E-state index in [-0.39, 0.29) is 17.3 Å². The second kappa shape index (κ2) is 5.88. The van der Waals surface area contributed by atoms with Gasteiger partial charge in [-0.3, -0.25) is 4.79 Å². The maximum absolute atomic E-state index is 12.2. The van der Waals surface area contributed by atoms with E-state index in [0.717, 1.165) is 5.56 Å². The number of halogens is 1. The molecule has 2 nitrogen and oxygen atoms in total. The minimum Gasteiger partial charge on any atom is -0.461 e. The van der Waals surface area contributed by atoms with Gasteiger partial charge in [-0.2, -0.15) is 0 Å². The summed E-state index contributed by atoms with van der Waals surface area (Å²) in [5.74, 6) is 0.244. The molecule has 1 aliphatic rings. The third-order valence-corrected chi connectivity index (χ3v) is 4.69. The van der Waals surface area contributed by atoms with E-state index in [0.29, 0.717) is 12.5 Å². The van der Waals surface area contributed by atoms with Gasteiger partial charge >= 0.3 is 5.97 Å². The number of rotatable bonds is 4. The zero-order valence-electron chi connectivity index (χ0n) is 12.4. The summed E-state index contributed by atoms with van der Waals surface area (Å²) in [6.07, 6.45) is 2.19. The number of carbonyl (C=O) groups is 1. The smallest absolute Gasteiger partial charge is 0.310 e. The Morgan fingerprint density at radius 2 is 1.90 bits per heavy atom. The number of ether oxygens (including phenoxy) is 1. The van der Waals surface area contributed by atoms with Crippen molar-refractivity contribution in [1.82, 2.24) is 0 Å². The molecule has 0 amide bonds. The first kappa shape index (κ1) is 15.5. The van der Waals surface area contributed by atoms with Gasteiger partial charge in [-0.05, 0) is 65.5 Å². The van der Waals surface area contributed by atoms with Gasteiger partial charge < -0.3 is 4.74 Å². The lowest BCUT2D eigenvalue weighted by atomic mass is 10.1. The van der Waals surface area contributed by atoms with Crippen molar-refractivity contribution >= 4 is 28.6 Å². The molecule has 2 atom stereocenters. The van der Waals surface area contributed by atoms with E-state index >= 15 is 0 Å². The number of esters is 1. The molecule has 1 unspecified atom stereocenters. The van der Waals surface area contributed by atoms with Gasteiger partial charge in [-0.15, -0.1) is 0 Å². The highest BCUT2D eigenvalue weighted by molar-refractivity contribution is 14.1. The molecular weight excluding hydrogens is 363 g/mol. The Kier molecular flexibility index (Phi) is 4.57. The van der Waals surface area contributed by atoms with E-state index in [1.54, 1.807) is 0 Å². The Labute approximate surface area is 134 Å². The quantitative estimate of drug-likeness (QED) is 0.432. The molecule has 0 aromatic heterocycles. The number of carbonyl (C=O) groups excluding carboxylic acids is 1. The number of hydrogen-bond acceptors (Lipinski definition) is 2. The van der Waals surface area contributed by atoms with Gasteiger partial charge in [0.05, 0.1) is 5.92 Å². The van der Waals surface area contributed by atoms with Gasteiger partial charge in [0.15, 0.2) is 0 Å². The Morgan fingerprint density at radius 1 is 1.30 bits per heavy atom. The predicted molar refractivity (Wildman–Crippen MR) is 89.1 cm³/mol. The van der Waals surface area contributed by atoms with Crippen LogP contribution >= 0.6 is 22.6 Å². The maximum Gasteiger partial charge on any atom is 0.310 e. The maximum atomic E-state index is 12.2. The van der Waals surface area contributed by atoms with Gasteiger partial charge in [0, 0.05) is 3.57 Å². The third kappa shape index (κ3) is 3.43. The molecule has 1 aromatic carbocycles. The van der Waals surface area contributed by atoms with E-state index in [9.17, 15) is 4.79 Å². The van der Waals surface area contributed by atoms with Crippen LogP contribution < -0.4 is 0 Å². The van der Waals surface area contributed by atoms with Crippen LogP contribution in [-0.4, -0.2) is 5.97 Å². The molecule has 0 heterocycles. The first-order valence-corrected chi connectivity index (χ1v) is 7.96. The normalized spacial score (nSPS) is 23.1. The highest BCUT2D eigenvalue weighted by Crippen LogP contribution is 2.59. The second-order valence-electron chi connectivity index (χ2n) is 6.30. The van der Waals surface area contributed by atoms with Crippen molar-refractivity contribution in [3.63, 3.8) is 0 Å². The summed E-state index contributed by atoms with van der Waals surface area (Å²) in [5, 5.41) is 0. The molecule has 0 saturated heterocycles. The molecule has 0 aliphatic heterocycles. The van der Waals surface area contributed by atoms with Crippen LogP contribution in [0.4, 0.5) is 0 Å². The van der Waals surface area contributed by atoms with Crippen LogP contribution in [0, 0.1) is 20.8 Å². The van der Waals surface area contributed by atoms with E-state index in [1.807, 2.05) is 24.3 Å². The highest BCUT2D eigenvalue weighted by atomic mass is 127. The summed E-state index contributed by atoms with van der Waals surface area (Å²) in [6.45, 7) is 8.77. The largest absolute Gasteiger partial charge is 0.461 e. The zero-order valence-corrected chi connectivity index (χ0v) is 14.6. The minimum absolute atomic E-state index is 0.00116. The van der Waals surface area contributed by atoms with Crippen molar-refractivity contribution in [3.8, 4) is 0 Å². The summed E-state index contributed by atoms with van der Waals surface area (Å²) in [7, 11) is 0. The zero-order chi connectivity index (χ0) is 14.9. The van der Waals surface area contributed by atoms with Crippen LogP contribution in [0.1, 0.15) is 33.3 Å². The first-order valence-electron chi connectivity index (χ1n) is 6.88. The standard InChI is InChI=1S/C17H21IO2/c1-11(2)9-14-15(17(14,3)4)16(19)20-10-12-5-7-13(18)8-6-12/h5-9,14-15H,10H2,1-4H3/t14?,15-/m0/s1. The van der Waals surface area contributed by atoms with Crippen LogP contribution in [0.2, 0.25) is 0 Å². The summed E-state index contributed by atoms with van der Waals surface area (Å²) >= 11 is 2.26. The van der Waals surface area contributed by atoms with Gasteiger partial charge in [-0.25, -0.2) is 0 Å². The third-order valence-electron chi connectivity index (χ3n) is 3.97. The van der Waals surface area contributed by atoms with Crippen LogP contribution in [-0.2, 0) is 16.1 Å². The Balaban J connectivity index is 1.93. The average molecular weight is 384 g/mol. The fraction of sp³-hybridized carbons (Fsp3) is 0.471. The molecule has 0 spiro atoms. The Bertz CT molecular complexity index is 524. The lowest BCUT2D eigenvalue weighted by Gasteiger charge is -2.06.